The summed E-state index contributed by atoms with van der Waals surface area (Å²) in [6, 6.07) is 18.4. The van der Waals surface area contributed by atoms with Crippen molar-refractivity contribution in [1.29, 1.82) is 0 Å². The Labute approximate surface area is 214 Å². The van der Waals surface area contributed by atoms with E-state index < -0.39 is 0 Å². The van der Waals surface area contributed by atoms with Gasteiger partial charge in [-0.25, -0.2) is 4.98 Å². The van der Waals surface area contributed by atoms with Crippen molar-refractivity contribution < 1.29 is 19.1 Å². The first-order valence-corrected chi connectivity index (χ1v) is 12.3. The van der Waals surface area contributed by atoms with Crippen LogP contribution >= 0.6 is 11.3 Å². The van der Waals surface area contributed by atoms with Crippen molar-refractivity contribution in [2.24, 2.45) is 0 Å². The van der Waals surface area contributed by atoms with Crippen LogP contribution in [0, 0.1) is 0 Å². The van der Waals surface area contributed by atoms with Gasteiger partial charge in [-0.05, 0) is 73.8 Å². The smallest absolute Gasteiger partial charge is 0.264 e. The number of methoxy groups -OCH3 is 2. The maximum Gasteiger partial charge on any atom is 0.264 e. The molecule has 0 aliphatic carbocycles. The van der Waals surface area contributed by atoms with E-state index in [4.69, 9.17) is 14.5 Å². The second kappa shape index (κ2) is 11.1. The predicted octanol–water partition coefficient (Wildman–Crippen LogP) is 5.11. The van der Waals surface area contributed by atoms with E-state index >= 15 is 0 Å². The molecule has 0 saturated heterocycles. The first-order valence-electron chi connectivity index (χ1n) is 11.4. The van der Waals surface area contributed by atoms with Gasteiger partial charge in [0.25, 0.3) is 5.91 Å². The van der Waals surface area contributed by atoms with Crippen LogP contribution in [0.1, 0.15) is 23.5 Å². The molecule has 0 spiro atoms. The lowest BCUT2D eigenvalue weighted by molar-refractivity contribution is -0.117. The molecule has 0 bridgehead atoms. The Morgan fingerprint density at radius 2 is 1.64 bits per heavy atom. The monoisotopic (exact) mass is 504 g/mol. The molecule has 8 nitrogen and oxygen atoms in total. The van der Waals surface area contributed by atoms with E-state index in [9.17, 15) is 9.59 Å². The van der Waals surface area contributed by atoms with Gasteiger partial charge in [0.15, 0.2) is 0 Å². The number of carbonyl (C=O) groups excluding carboxylic acids is 2. The number of nitrogens with zero attached hydrogens (tertiary/aromatic N) is 3. The molecule has 0 unspecified atom stereocenters. The molecule has 0 aliphatic rings. The zero-order valence-corrected chi connectivity index (χ0v) is 21.4. The lowest BCUT2D eigenvalue weighted by Crippen LogP contribution is -2.42. The standard InChI is InChI=1S/C27H28N4O4S/c1-18(2)30(26(33)24-6-5-15-36-24)17-25(32)29-27-28-23(19-7-11-21(34-3)12-8-19)16-31(27)20-9-13-22(35-4)14-10-20/h5-16,18H,17H2,1-4H3,(H,28,29,32). The van der Waals surface area contributed by atoms with Gasteiger partial charge in [-0.1, -0.05) is 6.07 Å². The lowest BCUT2D eigenvalue weighted by atomic mass is 10.1. The number of amides is 2. The van der Waals surface area contributed by atoms with Crippen molar-refractivity contribution in [3.63, 3.8) is 0 Å². The van der Waals surface area contributed by atoms with Crippen LogP contribution in [-0.4, -0.2) is 53.1 Å². The van der Waals surface area contributed by atoms with E-state index in [1.165, 1.54) is 11.3 Å². The van der Waals surface area contributed by atoms with Crippen molar-refractivity contribution in [3.8, 4) is 28.4 Å². The molecule has 1 N–H and O–H groups in total. The van der Waals surface area contributed by atoms with Crippen molar-refractivity contribution in [2.45, 2.75) is 19.9 Å². The summed E-state index contributed by atoms with van der Waals surface area (Å²) in [7, 11) is 3.22. The molecule has 36 heavy (non-hydrogen) atoms. The molecule has 0 atom stereocenters. The van der Waals surface area contributed by atoms with Crippen molar-refractivity contribution in [2.75, 3.05) is 26.1 Å². The Morgan fingerprint density at radius 1 is 1.00 bits per heavy atom. The molecule has 0 radical (unpaired) electrons. The summed E-state index contributed by atoms with van der Waals surface area (Å²) < 4.78 is 12.3. The summed E-state index contributed by atoms with van der Waals surface area (Å²) in [5.41, 5.74) is 2.35. The zero-order valence-electron chi connectivity index (χ0n) is 20.6. The van der Waals surface area contributed by atoms with E-state index in [0.717, 1.165) is 22.7 Å². The van der Waals surface area contributed by atoms with Gasteiger partial charge in [-0.2, -0.15) is 0 Å². The van der Waals surface area contributed by atoms with Gasteiger partial charge in [0.1, 0.15) is 18.0 Å². The highest BCUT2D eigenvalue weighted by Crippen LogP contribution is 2.27. The highest BCUT2D eigenvalue weighted by atomic mass is 32.1. The fourth-order valence-corrected chi connectivity index (χ4v) is 4.34. The number of benzene rings is 2. The minimum Gasteiger partial charge on any atom is -0.497 e. The van der Waals surface area contributed by atoms with E-state index in [1.807, 2.05) is 80.0 Å². The van der Waals surface area contributed by atoms with Crippen LogP contribution in [0.25, 0.3) is 16.9 Å². The van der Waals surface area contributed by atoms with Crippen LogP contribution in [0.3, 0.4) is 0 Å². The van der Waals surface area contributed by atoms with Gasteiger partial charge in [-0.3, -0.25) is 19.5 Å². The molecule has 2 amide bonds. The summed E-state index contributed by atoms with van der Waals surface area (Å²) in [5.74, 6) is 1.30. The van der Waals surface area contributed by atoms with Crippen LogP contribution in [0.2, 0.25) is 0 Å². The predicted molar refractivity (Wildman–Crippen MR) is 141 cm³/mol. The van der Waals surface area contributed by atoms with Crippen LogP contribution in [0.4, 0.5) is 5.95 Å². The SMILES string of the molecule is COc1ccc(-c2cn(-c3ccc(OC)cc3)c(NC(=O)CN(C(=O)c3cccs3)C(C)C)n2)cc1. The van der Waals surface area contributed by atoms with Gasteiger partial charge in [-0.15, -0.1) is 11.3 Å². The number of thiophene rings is 1. The fraction of sp³-hybridized carbons (Fsp3) is 0.222. The Hall–Kier alpha value is -4.11. The number of hydrogen-bond donors (Lipinski definition) is 1. The molecule has 2 aromatic heterocycles. The summed E-state index contributed by atoms with van der Waals surface area (Å²) in [6.45, 7) is 3.68. The summed E-state index contributed by atoms with van der Waals surface area (Å²) in [6.07, 6.45) is 1.86. The van der Waals surface area contributed by atoms with Crippen molar-refractivity contribution in [3.05, 3.63) is 77.1 Å². The topological polar surface area (TPSA) is 85.7 Å². The van der Waals surface area contributed by atoms with Crippen LogP contribution < -0.4 is 14.8 Å². The molecule has 186 valence electrons. The molecule has 2 aromatic carbocycles. The average molecular weight is 505 g/mol. The highest BCUT2D eigenvalue weighted by Gasteiger charge is 2.23. The van der Waals surface area contributed by atoms with E-state index in [0.29, 0.717) is 16.5 Å². The highest BCUT2D eigenvalue weighted by molar-refractivity contribution is 7.12. The summed E-state index contributed by atoms with van der Waals surface area (Å²) in [4.78, 5) is 32.9. The normalized spacial score (nSPS) is 10.8. The quantitative estimate of drug-likeness (QED) is 0.343. The minimum atomic E-state index is -0.338. The number of aromatic nitrogens is 2. The number of nitrogens with one attached hydrogen (secondary N) is 1. The first kappa shape index (κ1) is 25.0. The van der Waals surface area contributed by atoms with Gasteiger partial charge in [0.05, 0.1) is 24.8 Å². The summed E-state index contributed by atoms with van der Waals surface area (Å²) >= 11 is 1.36. The number of imidazole rings is 1. The first-order chi connectivity index (χ1) is 17.4. The zero-order chi connectivity index (χ0) is 25.7. The van der Waals surface area contributed by atoms with E-state index in [-0.39, 0.29) is 24.4 Å². The Morgan fingerprint density at radius 3 is 2.19 bits per heavy atom. The Balaban J connectivity index is 1.63. The van der Waals surface area contributed by atoms with Gasteiger partial charge < -0.3 is 14.4 Å². The summed E-state index contributed by atoms with van der Waals surface area (Å²) in [5, 5.41) is 4.75. The largest absolute Gasteiger partial charge is 0.497 e. The average Bonchev–Trinajstić information content (AvgIpc) is 3.58. The maximum atomic E-state index is 13.1. The molecule has 0 fully saturated rings. The van der Waals surface area contributed by atoms with E-state index in [2.05, 4.69) is 5.32 Å². The molecule has 4 rings (SSSR count). The van der Waals surface area contributed by atoms with Crippen LogP contribution in [0.5, 0.6) is 11.5 Å². The maximum absolute atomic E-state index is 13.1. The fourth-order valence-electron chi connectivity index (χ4n) is 3.66. The molecular weight excluding hydrogens is 476 g/mol. The molecule has 9 heteroatoms. The Bertz CT molecular complexity index is 1310. The molecule has 2 heterocycles. The molecular formula is C27H28N4O4S. The van der Waals surface area contributed by atoms with Gasteiger partial charge >= 0.3 is 0 Å². The Kier molecular flexibility index (Phi) is 7.70. The second-order valence-electron chi connectivity index (χ2n) is 8.30. The lowest BCUT2D eigenvalue weighted by Gasteiger charge is -2.25. The molecule has 0 aliphatic heterocycles. The third kappa shape index (κ3) is 5.58. The van der Waals surface area contributed by atoms with Gasteiger partial charge in [0.2, 0.25) is 11.9 Å². The second-order valence-corrected chi connectivity index (χ2v) is 9.25. The third-order valence-electron chi connectivity index (χ3n) is 5.62. The van der Waals surface area contributed by atoms with E-state index in [1.54, 1.807) is 29.8 Å². The minimum absolute atomic E-state index is 0.0955. The number of carbonyl (C=O) groups is 2. The number of ether oxygens (including phenoxy) is 2. The van der Waals surface area contributed by atoms with Crippen molar-refractivity contribution >= 4 is 29.1 Å². The van der Waals surface area contributed by atoms with Crippen LogP contribution in [-0.2, 0) is 4.79 Å². The van der Waals surface area contributed by atoms with Gasteiger partial charge in [0, 0.05) is 23.5 Å². The number of anilines is 1. The number of hydrogen-bond acceptors (Lipinski definition) is 6. The number of rotatable bonds is 9. The van der Waals surface area contributed by atoms with Crippen molar-refractivity contribution in [1.82, 2.24) is 14.5 Å². The molecule has 4 aromatic rings. The third-order valence-corrected chi connectivity index (χ3v) is 6.48. The van der Waals surface area contributed by atoms with Crippen LogP contribution in [0.15, 0.2) is 72.2 Å². The molecule has 0 saturated carbocycles.